The van der Waals surface area contributed by atoms with Crippen LogP contribution in [0, 0.1) is 11.3 Å². The molecule has 1 aliphatic heterocycles. The number of carbonyl (C=O) groups excluding carboxylic acids is 2. The smallest absolute Gasteiger partial charge is 0.270 e. The molecule has 1 aliphatic rings. The molecule has 3 aromatic rings. The van der Waals surface area contributed by atoms with E-state index in [0.29, 0.717) is 42.4 Å². The van der Waals surface area contributed by atoms with Crippen molar-refractivity contribution in [1.29, 1.82) is 5.26 Å². The van der Waals surface area contributed by atoms with Crippen LogP contribution in [0.4, 0.5) is 17.3 Å². The molecular weight excluding hydrogens is 506 g/mol. The minimum absolute atomic E-state index is 0.110. The first kappa shape index (κ1) is 26.4. The number of aromatic nitrogens is 2. The van der Waals surface area contributed by atoms with Crippen LogP contribution in [0.5, 0.6) is 5.75 Å². The van der Waals surface area contributed by atoms with Gasteiger partial charge in [-0.1, -0.05) is 18.2 Å². The summed E-state index contributed by atoms with van der Waals surface area (Å²) in [4.78, 5) is 44.3. The molecule has 196 valence electrons. The number of amides is 2. The number of para-hydroxylation sites is 2. The summed E-state index contributed by atoms with van der Waals surface area (Å²) in [6.07, 6.45) is 1.48. The van der Waals surface area contributed by atoms with Crippen LogP contribution in [0.15, 0.2) is 47.3 Å². The molecule has 0 atom stereocenters. The number of ether oxygens (including phenoxy) is 1. The first-order valence-corrected chi connectivity index (χ1v) is 12.9. The Balaban J connectivity index is 1.51. The highest BCUT2D eigenvalue weighted by molar-refractivity contribution is 7.07. The Labute approximate surface area is 222 Å². The zero-order valence-corrected chi connectivity index (χ0v) is 21.8. The third-order valence-electron chi connectivity index (χ3n) is 5.64. The molecule has 1 aromatic carbocycles. The number of pyridine rings is 1. The molecule has 0 bridgehead atoms. The van der Waals surface area contributed by atoms with E-state index < -0.39 is 5.91 Å². The van der Waals surface area contributed by atoms with Crippen molar-refractivity contribution < 1.29 is 14.3 Å². The SMILES string of the molecule is CCNC(=O)C(C#N)=c1sc(=CNc2cccc(NC(=O)CN3CCOc4ccccc43)n2)c(=O)n1CC. The normalized spacial score (nSPS) is 13.6. The van der Waals surface area contributed by atoms with Crippen molar-refractivity contribution in [1.82, 2.24) is 14.9 Å². The maximum absolute atomic E-state index is 12.9. The van der Waals surface area contributed by atoms with Crippen LogP contribution in [0.3, 0.4) is 0 Å². The van der Waals surface area contributed by atoms with Crippen molar-refractivity contribution in [3.8, 4) is 11.8 Å². The zero-order valence-electron chi connectivity index (χ0n) is 21.0. The van der Waals surface area contributed by atoms with E-state index in [1.165, 1.54) is 10.8 Å². The Bertz CT molecular complexity index is 1570. The molecule has 0 aliphatic carbocycles. The van der Waals surface area contributed by atoms with Crippen LogP contribution in [0.2, 0.25) is 0 Å². The largest absolute Gasteiger partial charge is 0.490 e. The Hall–Kier alpha value is -4.63. The number of hydrogen-bond donors (Lipinski definition) is 3. The summed E-state index contributed by atoms with van der Waals surface area (Å²) in [5, 5.41) is 17.9. The van der Waals surface area contributed by atoms with Gasteiger partial charge in [0.15, 0.2) is 5.57 Å². The molecule has 2 amide bonds. The van der Waals surface area contributed by atoms with E-state index in [4.69, 9.17) is 4.74 Å². The van der Waals surface area contributed by atoms with E-state index in [-0.39, 0.29) is 28.2 Å². The van der Waals surface area contributed by atoms with Crippen LogP contribution in [-0.4, -0.2) is 47.6 Å². The van der Waals surface area contributed by atoms with E-state index in [1.54, 1.807) is 32.0 Å². The molecule has 12 heteroatoms. The number of carbonyl (C=O) groups is 2. The number of hydrogen-bond acceptors (Lipinski definition) is 9. The summed E-state index contributed by atoms with van der Waals surface area (Å²) in [7, 11) is 0. The van der Waals surface area contributed by atoms with Gasteiger partial charge in [0.05, 0.1) is 18.8 Å². The minimum Gasteiger partial charge on any atom is -0.490 e. The number of nitriles is 1. The summed E-state index contributed by atoms with van der Waals surface area (Å²) in [5.41, 5.74) is 0.428. The highest BCUT2D eigenvalue weighted by Crippen LogP contribution is 2.30. The lowest BCUT2D eigenvalue weighted by Crippen LogP contribution is -2.38. The lowest BCUT2D eigenvalue weighted by molar-refractivity contribution is -0.116. The summed E-state index contributed by atoms with van der Waals surface area (Å²) >= 11 is 1.04. The fraction of sp³-hybridized carbons (Fsp3) is 0.269. The average Bonchev–Trinajstić information content (AvgIpc) is 3.23. The van der Waals surface area contributed by atoms with Crippen molar-refractivity contribution in [2.75, 3.05) is 41.8 Å². The standard InChI is InChI=1S/C26H27N7O4S/c1-3-28-24(35)17(14-27)26-33(4-2)25(36)20(38-26)15-29-21-10-7-11-22(30-21)31-23(34)16-32-12-13-37-19-9-6-5-8-18(19)32/h5-11,15H,3-4,12-13,16H2,1-2H3,(H,28,35)(H2,29,30,31,34). The first-order chi connectivity index (χ1) is 18.4. The number of anilines is 3. The fourth-order valence-corrected chi connectivity index (χ4v) is 4.99. The first-order valence-electron chi connectivity index (χ1n) is 12.1. The van der Waals surface area contributed by atoms with E-state index >= 15 is 0 Å². The van der Waals surface area contributed by atoms with Crippen LogP contribution >= 0.6 is 11.3 Å². The predicted molar refractivity (Wildman–Crippen MR) is 146 cm³/mol. The van der Waals surface area contributed by atoms with E-state index in [1.807, 2.05) is 35.2 Å². The minimum atomic E-state index is -0.524. The van der Waals surface area contributed by atoms with Gasteiger partial charge < -0.3 is 25.6 Å². The maximum atomic E-state index is 12.9. The van der Waals surface area contributed by atoms with Crippen LogP contribution in [0.1, 0.15) is 13.8 Å². The molecule has 0 unspecified atom stereocenters. The topological polar surface area (TPSA) is 141 Å². The van der Waals surface area contributed by atoms with Gasteiger partial charge in [0.1, 0.15) is 39.3 Å². The number of benzene rings is 1. The number of rotatable bonds is 8. The number of fused-ring (bicyclic) bond motifs is 1. The number of thiazole rings is 1. The van der Waals surface area contributed by atoms with Crippen molar-refractivity contribution in [3.63, 3.8) is 0 Å². The Morgan fingerprint density at radius 1 is 1.18 bits per heavy atom. The Morgan fingerprint density at radius 2 is 1.97 bits per heavy atom. The Morgan fingerprint density at radius 3 is 2.74 bits per heavy atom. The van der Waals surface area contributed by atoms with Gasteiger partial charge in [-0.25, -0.2) is 4.98 Å². The second kappa shape index (κ2) is 12.1. The molecule has 0 saturated heterocycles. The second-order valence-corrected chi connectivity index (χ2v) is 9.18. The van der Waals surface area contributed by atoms with Gasteiger partial charge in [-0.05, 0) is 38.1 Å². The van der Waals surface area contributed by atoms with Crippen LogP contribution in [-0.2, 0) is 16.1 Å². The molecule has 0 radical (unpaired) electrons. The third-order valence-corrected chi connectivity index (χ3v) is 6.77. The average molecular weight is 534 g/mol. The van der Waals surface area contributed by atoms with Crippen molar-refractivity contribution in [3.05, 3.63) is 62.0 Å². The molecule has 0 saturated carbocycles. The Kier molecular flexibility index (Phi) is 8.40. The summed E-state index contributed by atoms with van der Waals surface area (Å²) in [6, 6.07) is 14.6. The second-order valence-electron chi connectivity index (χ2n) is 8.15. The predicted octanol–water partition coefficient (Wildman–Crippen LogP) is 0.823. The molecular formula is C26H27N7O4S. The molecule has 0 fully saturated rings. The van der Waals surface area contributed by atoms with Gasteiger partial charge in [0.25, 0.3) is 11.5 Å². The van der Waals surface area contributed by atoms with Gasteiger partial charge in [0, 0.05) is 19.3 Å². The summed E-state index contributed by atoms with van der Waals surface area (Å²) < 4.78 is 7.63. The molecule has 3 heterocycles. The molecule has 2 aromatic heterocycles. The maximum Gasteiger partial charge on any atom is 0.270 e. The molecule has 4 rings (SSSR count). The van der Waals surface area contributed by atoms with E-state index in [9.17, 15) is 19.6 Å². The van der Waals surface area contributed by atoms with Crippen LogP contribution in [0.25, 0.3) is 11.8 Å². The molecule has 0 spiro atoms. The number of nitrogens with zero attached hydrogens (tertiary/aromatic N) is 4. The fourth-order valence-electron chi connectivity index (χ4n) is 3.91. The van der Waals surface area contributed by atoms with Crippen LogP contribution < -0.4 is 40.3 Å². The quantitative estimate of drug-likeness (QED) is 0.387. The van der Waals surface area contributed by atoms with Gasteiger partial charge in [-0.2, -0.15) is 5.26 Å². The van der Waals surface area contributed by atoms with Gasteiger partial charge in [-0.15, -0.1) is 11.3 Å². The van der Waals surface area contributed by atoms with Crippen molar-refractivity contribution in [2.24, 2.45) is 0 Å². The lowest BCUT2D eigenvalue weighted by Gasteiger charge is -2.30. The van der Waals surface area contributed by atoms with Crippen molar-refractivity contribution >= 4 is 52.2 Å². The van der Waals surface area contributed by atoms with Gasteiger partial charge in [-0.3, -0.25) is 19.0 Å². The molecule has 3 N–H and O–H groups in total. The zero-order chi connectivity index (χ0) is 27.1. The molecule has 38 heavy (non-hydrogen) atoms. The molecule has 11 nitrogen and oxygen atoms in total. The highest BCUT2D eigenvalue weighted by Gasteiger charge is 2.20. The summed E-state index contributed by atoms with van der Waals surface area (Å²) in [5.74, 6) is 0.752. The number of nitrogens with one attached hydrogen (secondary N) is 3. The monoisotopic (exact) mass is 533 g/mol. The van der Waals surface area contributed by atoms with Gasteiger partial charge in [0.2, 0.25) is 5.91 Å². The van der Waals surface area contributed by atoms with E-state index in [0.717, 1.165) is 22.8 Å². The van der Waals surface area contributed by atoms with Gasteiger partial charge >= 0.3 is 0 Å². The van der Waals surface area contributed by atoms with E-state index in [2.05, 4.69) is 20.9 Å². The highest BCUT2D eigenvalue weighted by atomic mass is 32.1. The summed E-state index contributed by atoms with van der Waals surface area (Å²) in [6.45, 7) is 5.43. The third kappa shape index (κ3) is 5.84. The lowest BCUT2D eigenvalue weighted by atomic mass is 10.2. The van der Waals surface area contributed by atoms with Crippen molar-refractivity contribution in [2.45, 2.75) is 20.4 Å².